The SMILES string of the molecule is CC/C=C\C/C=C\C/C=C\C/C=C\CCCCCCCCC(=O)OCC(COP(=O)(O)OCC(O)COP(=O)(O)OCC(COC(=O)CCCCCC/C=C\C/C=C\C/C=C\C/C=C\CC)OC(=O)CCCCCCCCCCCCCCCCC)OC(=O)CCCC/C=C\C/C=C\C/C=C\C/C=C\CC. The van der Waals surface area contributed by atoms with E-state index >= 15 is 0 Å². The van der Waals surface area contributed by atoms with Gasteiger partial charge in [0.25, 0.3) is 0 Å². The number of hydrogen-bond acceptors (Lipinski definition) is 15. The molecule has 19 heteroatoms. The Morgan fingerprint density at radius 2 is 0.491 bits per heavy atom. The van der Waals surface area contributed by atoms with Crippen molar-refractivity contribution in [3.63, 3.8) is 0 Å². The van der Waals surface area contributed by atoms with Crippen LogP contribution >= 0.6 is 15.6 Å². The normalized spacial score (nSPS) is 14.6. The summed E-state index contributed by atoms with van der Waals surface area (Å²) in [5.74, 6) is -2.26. The van der Waals surface area contributed by atoms with E-state index in [1.54, 1.807) is 0 Å². The molecular weight excluding hydrogens is 1380 g/mol. The van der Waals surface area contributed by atoms with Crippen molar-refractivity contribution >= 4 is 39.5 Å². The highest BCUT2D eigenvalue weighted by atomic mass is 31.2. The van der Waals surface area contributed by atoms with Crippen LogP contribution in [0.3, 0.4) is 0 Å². The van der Waals surface area contributed by atoms with Gasteiger partial charge in [-0.2, -0.15) is 0 Å². The maximum Gasteiger partial charge on any atom is 0.472 e. The predicted molar refractivity (Wildman–Crippen MR) is 436 cm³/mol. The number of carbonyl (C=O) groups excluding carboxylic acids is 4. The zero-order valence-corrected chi connectivity index (χ0v) is 68.1. The lowest BCUT2D eigenvalue weighted by molar-refractivity contribution is -0.161. The van der Waals surface area contributed by atoms with Gasteiger partial charge in [0.15, 0.2) is 12.2 Å². The van der Waals surface area contributed by atoms with Crippen molar-refractivity contribution in [1.82, 2.24) is 0 Å². The van der Waals surface area contributed by atoms with Crippen LogP contribution in [-0.2, 0) is 65.4 Å². The Morgan fingerprint density at radius 1 is 0.274 bits per heavy atom. The molecule has 0 aliphatic heterocycles. The molecule has 0 aromatic carbocycles. The molecule has 0 radical (unpaired) electrons. The molecule has 3 N–H and O–H groups in total. The van der Waals surface area contributed by atoms with E-state index in [-0.39, 0.29) is 25.7 Å². The van der Waals surface area contributed by atoms with Crippen molar-refractivity contribution in [2.45, 2.75) is 341 Å². The summed E-state index contributed by atoms with van der Waals surface area (Å²) >= 11 is 0. The zero-order valence-electron chi connectivity index (χ0n) is 66.3. The summed E-state index contributed by atoms with van der Waals surface area (Å²) in [7, 11) is -9.99. The van der Waals surface area contributed by atoms with Crippen LogP contribution in [0.25, 0.3) is 0 Å². The van der Waals surface area contributed by atoms with Crippen LogP contribution in [-0.4, -0.2) is 96.7 Å². The second kappa shape index (κ2) is 78.1. The van der Waals surface area contributed by atoms with Gasteiger partial charge in [0, 0.05) is 25.7 Å². The lowest BCUT2D eigenvalue weighted by atomic mass is 10.0. The van der Waals surface area contributed by atoms with Gasteiger partial charge in [-0.25, -0.2) is 9.13 Å². The first-order chi connectivity index (χ1) is 51.7. The number of hydrogen-bond donors (Lipinski definition) is 3. The molecule has 0 saturated heterocycles. The third-order valence-corrected chi connectivity index (χ3v) is 18.7. The smallest absolute Gasteiger partial charge is 0.462 e. The molecule has 106 heavy (non-hydrogen) atoms. The van der Waals surface area contributed by atoms with E-state index in [9.17, 15) is 43.2 Å². The van der Waals surface area contributed by atoms with Crippen molar-refractivity contribution in [2.24, 2.45) is 0 Å². The van der Waals surface area contributed by atoms with Gasteiger partial charge in [0.2, 0.25) is 0 Å². The topological polar surface area (TPSA) is 237 Å². The third-order valence-electron chi connectivity index (χ3n) is 16.8. The number of rotatable bonds is 76. The van der Waals surface area contributed by atoms with Crippen LogP contribution in [0.15, 0.2) is 146 Å². The van der Waals surface area contributed by atoms with Crippen molar-refractivity contribution in [1.29, 1.82) is 0 Å². The fraction of sp³-hybridized carbons (Fsp3) is 0.678. The van der Waals surface area contributed by atoms with E-state index in [2.05, 4.69) is 174 Å². The summed E-state index contributed by atoms with van der Waals surface area (Å²) in [4.78, 5) is 73.1. The van der Waals surface area contributed by atoms with E-state index in [4.69, 9.17) is 37.0 Å². The van der Waals surface area contributed by atoms with E-state index in [1.807, 2.05) is 0 Å². The van der Waals surface area contributed by atoms with Gasteiger partial charge in [-0.1, -0.05) is 302 Å². The molecule has 0 aromatic rings. The van der Waals surface area contributed by atoms with E-state index in [1.165, 1.54) is 64.2 Å². The molecule has 5 unspecified atom stereocenters. The molecule has 0 amide bonds. The molecule has 0 heterocycles. The van der Waals surface area contributed by atoms with Crippen LogP contribution < -0.4 is 0 Å². The van der Waals surface area contributed by atoms with Crippen LogP contribution in [0, 0.1) is 0 Å². The van der Waals surface area contributed by atoms with Gasteiger partial charge >= 0.3 is 39.5 Å². The summed E-state index contributed by atoms with van der Waals surface area (Å²) in [6.45, 7) is 4.47. The lowest BCUT2D eigenvalue weighted by Crippen LogP contribution is -2.30. The minimum Gasteiger partial charge on any atom is -0.462 e. The van der Waals surface area contributed by atoms with Gasteiger partial charge in [0.1, 0.15) is 19.3 Å². The number of allylic oxidation sites excluding steroid dienone is 24. The van der Waals surface area contributed by atoms with Crippen LogP contribution in [0.2, 0.25) is 0 Å². The molecule has 0 aromatic heterocycles. The zero-order chi connectivity index (χ0) is 77.4. The molecule has 0 saturated carbocycles. The van der Waals surface area contributed by atoms with E-state index in [0.29, 0.717) is 32.1 Å². The molecule has 17 nitrogen and oxygen atoms in total. The first kappa shape index (κ1) is 101. The molecular formula is C87H146O17P2. The number of aliphatic hydroxyl groups is 1. The standard InChI is InChI=1S/C87H146O17P2/c1-5-9-13-17-21-25-29-33-37-39-40-42-46-48-52-56-60-64-68-72-85(90)98-78-83(104-87(92)74-70-66-62-58-54-50-44-36-32-28-24-20-16-12-8-4)80-102-106(95,96)100-76-81(88)75-99-105(93,94)101-79-82(103-86(91)73-69-65-61-57-53-49-43-35-31-27-23-19-15-11-7-3)77-97-84(89)71-67-63-59-55-51-47-45-41-38-34-30-26-22-18-14-10-6-2/h9-10,12-14,16,21-22,24-26,28,33-34,36-38,40,42,44-45,47,54,58,81-83,88H,5-8,11,15,17-20,23,27,29-32,35,39,41,43,46,48-53,55-57,59-80H2,1-4H3,(H,93,94)(H,95,96)/b13-9-,14-10-,16-12-,25-21-,26-22-,28-24-,37-33-,38-34-,42-40-,44-36-,47-45-,58-54-. The van der Waals surface area contributed by atoms with Crippen molar-refractivity contribution < 1.29 is 80.2 Å². The van der Waals surface area contributed by atoms with Crippen LogP contribution in [0.4, 0.5) is 0 Å². The summed E-state index contributed by atoms with van der Waals surface area (Å²) in [6.07, 6.45) is 89.6. The summed E-state index contributed by atoms with van der Waals surface area (Å²) in [5.41, 5.74) is 0. The molecule has 0 rings (SSSR count). The molecule has 5 atom stereocenters. The number of phosphoric acid groups is 2. The van der Waals surface area contributed by atoms with Gasteiger partial charge in [-0.15, -0.1) is 0 Å². The highest BCUT2D eigenvalue weighted by Crippen LogP contribution is 2.45. The van der Waals surface area contributed by atoms with E-state index < -0.39 is 97.5 Å². The highest BCUT2D eigenvalue weighted by Gasteiger charge is 2.30. The minimum atomic E-state index is -5.00. The number of ether oxygens (including phenoxy) is 4. The second-order valence-electron chi connectivity index (χ2n) is 26.9. The molecule has 0 bridgehead atoms. The van der Waals surface area contributed by atoms with Crippen molar-refractivity contribution in [3.05, 3.63) is 146 Å². The number of aliphatic hydroxyl groups excluding tert-OH is 1. The summed E-state index contributed by atoms with van der Waals surface area (Å²) < 4.78 is 68.7. The predicted octanol–water partition coefficient (Wildman–Crippen LogP) is 24.2. The number of esters is 4. The third kappa shape index (κ3) is 77.1. The Balaban J connectivity index is 5.42. The Morgan fingerprint density at radius 3 is 0.774 bits per heavy atom. The minimum absolute atomic E-state index is 0.0352. The van der Waals surface area contributed by atoms with Gasteiger partial charge in [-0.05, 0) is 141 Å². The average molecular weight is 1530 g/mol. The molecule has 0 fully saturated rings. The molecule has 606 valence electrons. The van der Waals surface area contributed by atoms with Crippen molar-refractivity contribution in [3.8, 4) is 0 Å². The fourth-order valence-corrected chi connectivity index (χ4v) is 12.2. The lowest BCUT2D eigenvalue weighted by Gasteiger charge is -2.21. The maximum absolute atomic E-state index is 13.1. The van der Waals surface area contributed by atoms with Gasteiger partial charge < -0.3 is 33.8 Å². The Kier molecular flexibility index (Phi) is 74.3. The van der Waals surface area contributed by atoms with Crippen LogP contribution in [0.1, 0.15) is 323 Å². The molecule has 0 aliphatic rings. The van der Waals surface area contributed by atoms with E-state index in [0.717, 1.165) is 173 Å². The number of phosphoric ester groups is 2. The first-order valence-electron chi connectivity index (χ1n) is 41.1. The van der Waals surface area contributed by atoms with Gasteiger partial charge in [-0.3, -0.25) is 37.3 Å². The largest absolute Gasteiger partial charge is 0.472 e. The molecule has 0 aliphatic carbocycles. The highest BCUT2D eigenvalue weighted by molar-refractivity contribution is 7.47. The summed E-state index contributed by atoms with van der Waals surface area (Å²) in [5, 5.41) is 10.7. The maximum atomic E-state index is 13.1. The quantitative estimate of drug-likeness (QED) is 0.0169. The number of unbranched alkanes of at least 4 members (excludes halogenated alkanes) is 26. The number of carbonyl (C=O) groups is 4. The molecule has 0 spiro atoms. The second-order valence-corrected chi connectivity index (χ2v) is 29.8. The first-order valence-corrected chi connectivity index (χ1v) is 44.1. The monoisotopic (exact) mass is 1530 g/mol. The van der Waals surface area contributed by atoms with Crippen molar-refractivity contribution in [2.75, 3.05) is 39.6 Å². The Labute approximate surface area is 643 Å². The van der Waals surface area contributed by atoms with Crippen LogP contribution in [0.5, 0.6) is 0 Å². The summed E-state index contributed by atoms with van der Waals surface area (Å²) in [6, 6.07) is 0. The Bertz CT molecular complexity index is 2580. The fourth-order valence-electron chi connectivity index (χ4n) is 10.7. The Hall–Kier alpha value is -5.06. The average Bonchev–Trinajstić information content (AvgIpc) is 0.909. The van der Waals surface area contributed by atoms with Gasteiger partial charge in [0.05, 0.1) is 26.4 Å².